The summed E-state index contributed by atoms with van der Waals surface area (Å²) >= 11 is 0. The van der Waals surface area contributed by atoms with Gasteiger partial charge < -0.3 is 16.0 Å². The molecule has 0 fully saturated rings. The predicted octanol–water partition coefficient (Wildman–Crippen LogP) is 4.07. The zero-order chi connectivity index (χ0) is 21.5. The van der Waals surface area contributed by atoms with Gasteiger partial charge in [-0.05, 0) is 70.5 Å². The Hall–Kier alpha value is -3.55. The molecule has 0 saturated heterocycles. The average molecular weight is 406 g/mol. The van der Waals surface area contributed by atoms with Gasteiger partial charge >= 0.3 is 0 Å². The van der Waals surface area contributed by atoms with Crippen molar-refractivity contribution in [2.24, 2.45) is 0 Å². The molecule has 0 atom stereocenters. The van der Waals surface area contributed by atoms with Crippen molar-refractivity contribution >= 4 is 29.2 Å². The van der Waals surface area contributed by atoms with Crippen molar-refractivity contribution in [1.29, 1.82) is 0 Å². The number of hydrogen-bond acceptors (Lipinski definition) is 7. The molecule has 3 rings (SSSR count). The molecular formula is C22H27N7O. The second kappa shape index (κ2) is 9.78. The Balaban J connectivity index is 1.43. The minimum Gasteiger partial charge on any atom is -0.354 e. The van der Waals surface area contributed by atoms with Crippen molar-refractivity contribution < 1.29 is 4.79 Å². The van der Waals surface area contributed by atoms with Gasteiger partial charge in [0.2, 0.25) is 17.8 Å². The van der Waals surface area contributed by atoms with E-state index in [9.17, 15) is 4.79 Å². The van der Waals surface area contributed by atoms with Crippen LogP contribution in [0.15, 0.2) is 36.4 Å². The fourth-order valence-electron chi connectivity index (χ4n) is 3.03. The van der Waals surface area contributed by atoms with Gasteiger partial charge in [-0.1, -0.05) is 0 Å². The van der Waals surface area contributed by atoms with E-state index in [-0.39, 0.29) is 5.91 Å². The van der Waals surface area contributed by atoms with Crippen LogP contribution in [-0.4, -0.2) is 32.4 Å². The SMILES string of the molecule is Cc1cc(C)nc(NCCCC(=O)Nc2ccc(Nc3nc(C)cc(C)n3)cc2)n1. The number of nitrogens with zero attached hydrogens (tertiary/aromatic N) is 4. The third kappa shape index (κ3) is 6.51. The van der Waals surface area contributed by atoms with E-state index >= 15 is 0 Å². The number of aromatic nitrogens is 4. The number of rotatable bonds is 8. The van der Waals surface area contributed by atoms with Gasteiger partial charge in [0.1, 0.15) is 0 Å². The molecule has 3 N–H and O–H groups in total. The van der Waals surface area contributed by atoms with Gasteiger partial charge in [-0.15, -0.1) is 0 Å². The second-order valence-electron chi connectivity index (χ2n) is 7.23. The van der Waals surface area contributed by atoms with Crippen molar-refractivity contribution in [3.05, 3.63) is 59.2 Å². The summed E-state index contributed by atoms with van der Waals surface area (Å²) in [5.74, 6) is 1.13. The number of benzene rings is 1. The van der Waals surface area contributed by atoms with E-state index in [1.54, 1.807) is 0 Å². The second-order valence-corrected chi connectivity index (χ2v) is 7.23. The molecule has 156 valence electrons. The molecule has 1 amide bonds. The van der Waals surface area contributed by atoms with E-state index < -0.39 is 0 Å². The Kier molecular flexibility index (Phi) is 6.90. The fraction of sp³-hybridized carbons (Fsp3) is 0.318. The van der Waals surface area contributed by atoms with Crippen molar-refractivity contribution in [3.8, 4) is 0 Å². The van der Waals surface area contributed by atoms with Crippen molar-refractivity contribution in [2.75, 3.05) is 22.5 Å². The zero-order valence-electron chi connectivity index (χ0n) is 17.8. The standard InChI is InChI=1S/C22H27N7O/c1-14-12-15(2)25-21(24-14)23-11-5-6-20(30)28-18-7-9-19(10-8-18)29-22-26-16(3)13-17(4)27-22/h7-10,12-13H,5-6,11H2,1-4H3,(H,28,30)(H,23,24,25)(H,26,27,29). The van der Waals surface area contributed by atoms with Crippen LogP contribution >= 0.6 is 0 Å². The Morgan fingerprint density at radius 2 is 1.27 bits per heavy atom. The number of nitrogens with one attached hydrogen (secondary N) is 3. The number of aryl methyl sites for hydroxylation is 4. The monoisotopic (exact) mass is 405 g/mol. The summed E-state index contributed by atoms with van der Waals surface area (Å²) in [6.07, 6.45) is 1.10. The summed E-state index contributed by atoms with van der Waals surface area (Å²) in [4.78, 5) is 29.6. The highest BCUT2D eigenvalue weighted by Crippen LogP contribution is 2.17. The van der Waals surface area contributed by atoms with Gasteiger partial charge in [0.25, 0.3) is 0 Å². The Morgan fingerprint density at radius 1 is 0.767 bits per heavy atom. The van der Waals surface area contributed by atoms with Crippen LogP contribution in [-0.2, 0) is 4.79 Å². The first-order valence-corrected chi connectivity index (χ1v) is 9.93. The number of carbonyl (C=O) groups is 1. The molecular weight excluding hydrogens is 378 g/mol. The van der Waals surface area contributed by atoms with Crippen LogP contribution < -0.4 is 16.0 Å². The van der Waals surface area contributed by atoms with E-state index in [1.807, 2.05) is 64.1 Å². The molecule has 1 aromatic carbocycles. The molecule has 0 aliphatic heterocycles. The van der Waals surface area contributed by atoms with E-state index in [0.29, 0.717) is 31.3 Å². The summed E-state index contributed by atoms with van der Waals surface area (Å²) in [5, 5.41) is 9.25. The lowest BCUT2D eigenvalue weighted by molar-refractivity contribution is -0.116. The lowest BCUT2D eigenvalue weighted by Crippen LogP contribution is -2.14. The lowest BCUT2D eigenvalue weighted by atomic mass is 10.2. The van der Waals surface area contributed by atoms with E-state index in [1.165, 1.54) is 0 Å². The van der Waals surface area contributed by atoms with Crippen LogP contribution in [0.3, 0.4) is 0 Å². The minimum absolute atomic E-state index is 0.0310. The Labute approximate surface area is 176 Å². The molecule has 8 heteroatoms. The van der Waals surface area contributed by atoms with Crippen LogP contribution in [0.5, 0.6) is 0 Å². The van der Waals surface area contributed by atoms with Gasteiger partial charge in [-0.3, -0.25) is 4.79 Å². The predicted molar refractivity (Wildman–Crippen MR) is 119 cm³/mol. The highest BCUT2D eigenvalue weighted by atomic mass is 16.1. The topological polar surface area (TPSA) is 105 Å². The Bertz CT molecular complexity index is 978. The maximum atomic E-state index is 12.2. The molecule has 0 aliphatic carbocycles. The van der Waals surface area contributed by atoms with E-state index in [4.69, 9.17) is 0 Å². The third-order valence-corrected chi connectivity index (χ3v) is 4.25. The molecule has 2 aromatic heterocycles. The summed E-state index contributed by atoms with van der Waals surface area (Å²) in [5.41, 5.74) is 5.27. The number of anilines is 4. The average Bonchev–Trinajstić information content (AvgIpc) is 2.65. The quantitative estimate of drug-likeness (QED) is 0.485. The molecule has 0 aliphatic rings. The van der Waals surface area contributed by atoms with Gasteiger partial charge in [-0.25, -0.2) is 19.9 Å². The molecule has 8 nitrogen and oxygen atoms in total. The van der Waals surface area contributed by atoms with E-state index in [0.717, 1.165) is 34.2 Å². The smallest absolute Gasteiger partial charge is 0.227 e. The number of hydrogen-bond donors (Lipinski definition) is 3. The van der Waals surface area contributed by atoms with E-state index in [2.05, 4.69) is 35.9 Å². The van der Waals surface area contributed by atoms with Crippen LogP contribution in [0, 0.1) is 27.7 Å². The summed E-state index contributed by atoms with van der Waals surface area (Å²) in [6.45, 7) is 8.37. The summed E-state index contributed by atoms with van der Waals surface area (Å²) < 4.78 is 0. The molecule has 0 spiro atoms. The summed E-state index contributed by atoms with van der Waals surface area (Å²) in [7, 11) is 0. The van der Waals surface area contributed by atoms with Crippen LogP contribution in [0.4, 0.5) is 23.3 Å². The summed E-state index contributed by atoms with van der Waals surface area (Å²) in [6, 6.07) is 11.3. The molecule has 0 unspecified atom stereocenters. The van der Waals surface area contributed by atoms with Crippen molar-refractivity contribution in [3.63, 3.8) is 0 Å². The van der Waals surface area contributed by atoms with Gasteiger partial charge in [0, 0.05) is 47.1 Å². The maximum absolute atomic E-state index is 12.2. The molecule has 0 bridgehead atoms. The fourth-order valence-corrected chi connectivity index (χ4v) is 3.03. The third-order valence-electron chi connectivity index (χ3n) is 4.25. The number of carbonyl (C=O) groups excluding carboxylic acids is 1. The van der Waals surface area contributed by atoms with Crippen LogP contribution in [0.2, 0.25) is 0 Å². The first-order valence-electron chi connectivity index (χ1n) is 9.93. The van der Waals surface area contributed by atoms with Crippen LogP contribution in [0.25, 0.3) is 0 Å². The molecule has 0 saturated carbocycles. The maximum Gasteiger partial charge on any atom is 0.227 e. The normalized spacial score (nSPS) is 10.5. The Morgan fingerprint density at radius 3 is 1.83 bits per heavy atom. The largest absolute Gasteiger partial charge is 0.354 e. The molecule has 30 heavy (non-hydrogen) atoms. The minimum atomic E-state index is -0.0310. The van der Waals surface area contributed by atoms with Crippen molar-refractivity contribution in [2.45, 2.75) is 40.5 Å². The molecule has 2 heterocycles. The highest BCUT2D eigenvalue weighted by Gasteiger charge is 2.05. The zero-order valence-corrected chi connectivity index (χ0v) is 17.8. The van der Waals surface area contributed by atoms with Gasteiger partial charge in [0.05, 0.1) is 0 Å². The van der Waals surface area contributed by atoms with Crippen LogP contribution in [0.1, 0.15) is 35.6 Å². The molecule has 3 aromatic rings. The first kappa shape index (κ1) is 21.2. The number of amides is 1. The van der Waals surface area contributed by atoms with Gasteiger partial charge in [0.15, 0.2) is 0 Å². The van der Waals surface area contributed by atoms with Crippen molar-refractivity contribution in [1.82, 2.24) is 19.9 Å². The van der Waals surface area contributed by atoms with Gasteiger partial charge in [-0.2, -0.15) is 0 Å². The lowest BCUT2D eigenvalue weighted by Gasteiger charge is -2.09. The first-order chi connectivity index (χ1) is 14.4. The highest BCUT2D eigenvalue weighted by molar-refractivity contribution is 5.90. The molecule has 0 radical (unpaired) electrons.